The lowest BCUT2D eigenvalue weighted by molar-refractivity contribution is -0.139. The van der Waals surface area contributed by atoms with Gasteiger partial charge in [0.15, 0.2) is 0 Å². The molecule has 6 heteroatoms. The Kier molecular flexibility index (Phi) is 4.73. The van der Waals surface area contributed by atoms with Gasteiger partial charge in [0.25, 0.3) is 0 Å². The van der Waals surface area contributed by atoms with Gasteiger partial charge in [0.05, 0.1) is 5.56 Å². The molecule has 1 unspecified atom stereocenters. The molecule has 0 aromatic heterocycles. The van der Waals surface area contributed by atoms with E-state index >= 15 is 0 Å². The molecule has 1 saturated heterocycles. The maximum absolute atomic E-state index is 12.9. The van der Waals surface area contributed by atoms with Gasteiger partial charge >= 0.3 is 6.18 Å². The number of hydrogen-bond donors (Lipinski definition) is 1. The Labute approximate surface area is 118 Å². The Balaban J connectivity index is 2.06. The van der Waals surface area contributed by atoms with E-state index in [2.05, 4.69) is 21.2 Å². The fourth-order valence-corrected chi connectivity index (χ4v) is 2.47. The van der Waals surface area contributed by atoms with Crippen molar-refractivity contribution in [1.29, 1.82) is 0 Å². The lowest BCUT2D eigenvalue weighted by Gasteiger charge is -2.24. The summed E-state index contributed by atoms with van der Waals surface area (Å²) in [5, 5.41) is 3.24. The van der Waals surface area contributed by atoms with Crippen LogP contribution in [0.4, 0.5) is 13.2 Å². The number of rotatable bonds is 3. The van der Waals surface area contributed by atoms with Crippen molar-refractivity contribution in [3.63, 3.8) is 0 Å². The number of halogens is 4. The van der Waals surface area contributed by atoms with Crippen LogP contribution in [0.1, 0.15) is 24.8 Å². The van der Waals surface area contributed by atoms with E-state index in [0.29, 0.717) is 4.47 Å². The largest absolute Gasteiger partial charge is 0.491 e. The van der Waals surface area contributed by atoms with Gasteiger partial charge in [0.2, 0.25) is 0 Å². The summed E-state index contributed by atoms with van der Waals surface area (Å²) >= 11 is 3.05. The minimum Gasteiger partial charge on any atom is -0.491 e. The third kappa shape index (κ3) is 4.11. The number of piperidine rings is 1. The first kappa shape index (κ1) is 14.7. The van der Waals surface area contributed by atoms with E-state index in [1.54, 1.807) is 6.07 Å². The van der Waals surface area contributed by atoms with Crippen molar-refractivity contribution in [2.24, 2.45) is 0 Å². The fourth-order valence-electron chi connectivity index (χ4n) is 2.11. The van der Waals surface area contributed by atoms with E-state index in [9.17, 15) is 13.2 Å². The molecule has 1 aromatic carbocycles. The summed E-state index contributed by atoms with van der Waals surface area (Å²) in [4.78, 5) is 0. The molecule has 0 amide bonds. The van der Waals surface area contributed by atoms with Crippen LogP contribution in [0.15, 0.2) is 22.7 Å². The van der Waals surface area contributed by atoms with Crippen molar-refractivity contribution in [3.8, 4) is 5.75 Å². The first-order valence-corrected chi connectivity index (χ1v) is 6.99. The molecule has 2 rings (SSSR count). The fraction of sp³-hybridized carbons (Fsp3) is 0.538. The van der Waals surface area contributed by atoms with Crippen LogP contribution in [-0.4, -0.2) is 19.2 Å². The quantitative estimate of drug-likeness (QED) is 0.900. The van der Waals surface area contributed by atoms with Gasteiger partial charge < -0.3 is 10.1 Å². The van der Waals surface area contributed by atoms with Crippen molar-refractivity contribution in [2.75, 3.05) is 13.2 Å². The summed E-state index contributed by atoms with van der Waals surface area (Å²) in [5.74, 6) is -0.108. The number of nitrogens with one attached hydrogen (secondary N) is 1. The van der Waals surface area contributed by atoms with Crippen LogP contribution >= 0.6 is 15.9 Å². The molecule has 1 aromatic rings. The van der Waals surface area contributed by atoms with Gasteiger partial charge in [-0.25, -0.2) is 0 Å². The van der Waals surface area contributed by atoms with Gasteiger partial charge in [-0.3, -0.25) is 0 Å². The average molecular weight is 338 g/mol. The number of benzene rings is 1. The Morgan fingerprint density at radius 1 is 1.32 bits per heavy atom. The molecule has 106 valence electrons. The number of alkyl halides is 3. The van der Waals surface area contributed by atoms with E-state index in [1.807, 2.05) is 0 Å². The van der Waals surface area contributed by atoms with Gasteiger partial charge in [0, 0.05) is 10.5 Å². The van der Waals surface area contributed by atoms with E-state index in [0.717, 1.165) is 31.9 Å². The lowest BCUT2D eigenvalue weighted by Crippen LogP contribution is -2.38. The molecule has 19 heavy (non-hydrogen) atoms. The molecule has 0 aliphatic carbocycles. The molecule has 0 saturated carbocycles. The topological polar surface area (TPSA) is 21.3 Å². The van der Waals surface area contributed by atoms with Gasteiger partial charge in [-0.15, -0.1) is 0 Å². The molecule has 1 atom stereocenters. The highest BCUT2D eigenvalue weighted by Gasteiger charge is 2.34. The molecule has 1 heterocycles. The molecule has 2 nitrogen and oxygen atoms in total. The summed E-state index contributed by atoms with van der Waals surface area (Å²) in [6, 6.07) is 4.09. The maximum atomic E-state index is 12.9. The van der Waals surface area contributed by atoms with Crippen LogP contribution in [0.3, 0.4) is 0 Å². The van der Waals surface area contributed by atoms with Crippen molar-refractivity contribution >= 4 is 15.9 Å². The number of ether oxygens (including phenoxy) is 1. The summed E-state index contributed by atoms with van der Waals surface area (Å²) in [6.45, 7) is 1.17. The molecule has 1 aliphatic rings. The van der Waals surface area contributed by atoms with Gasteiger partial charge in [-0.05, 0) is 37.6 Å². The summed E-state index contributed by atoms with van der Waals surface area (Å²) in [7, 11) is 0. The van der Waals surface area contributed by atoms with Crippen LogP contribution in [0.5, 0.6) is 5.75 Å². The Bertz CT molecular complexity index is 430. The predicted octanol–water partition coefficient (Wildman–Crippen LogP) is 3.99. The maximum Gasteiger partial charge on any atom is 0.420 e. The number of hydrogen-bond acceptors (Lipinski definition) is 2. The second kappa shape index (κ2) is 6.13. The predicted molar refractivity (Wildman–Crippen MR) is 70.3 cm³/mol. The highest BCUT2D eigenvalue weighted by Crippen LogP contribution is 2.37. The average Bonchev–Trinajstić information content (AvgIpc) is 2.37. The molecule has 0 bridgehead atoms. The first-order valence-electron chi connectivity index (χ1n) is 6.20. The molecule has 0 spiro atoms. The highest BCUT2D eigenvalue weighted by atomic mass is 79.9. The molecular formula is C13H15BrF3NO. The SMILES string of the molecule is FC(F)(F)c1cc(Br)ccc1OCC1CCCCN1. The second-order valence-electron chi connectivity index (χ2n) is 4.60. The Morgan fingerprint density at radius 2 is 2.11 bits per heavy atom. The van der Waals surface area contributed by atoms with Gasteiger partial charge in [-0.2, -0.15) is 13.2 Å². The van der Waals surface area contributed by atoms with Crippen LogP contribution in [0, 0.1) is 0 Å². The standard InChI is InChI=1S/C13H15BrF3NO/c14-9-4-5-12(11(7-9)13(15,16)17)19-8-10-3-1-2-6-18-10/h4-5,7,10,18H,1-3,6,8H2. The van der Waals surface area contributed by atoms with Crippen molar-refractivity contribution in [3.05, 3.63) is 28.2 Å². The smallest absolute Gasteiger partial charge is 0.420 e. The van der Waals surface area contributed by atoms with Crippen molar-refractivity contribution in [2.45, 2.75) is 31.5 Å². The molecular weight excluding hydrogens is 323 g/mol. The Hall–Kier alpha value is -0.750. The molecule has 1 N–H and O–H groups in total. The molecule has 1 fully saturated rings. The van der Waals surface area contributed by atoms with E-state index in [1.165, 1.54) is 6.07 Å². The minimum absolute atomic E-state index is 0.108. The third-order valence-corrected chi connectivity index (χ3v) is 3.59. The Morgan fingerprint density at radius 3 is 2.74 bits per heavy atom. The van der Waals surface area contributed by atoms with E-state index in [-0.39, 0.29) is 18.4 Å². The van der Waals surface area contributed by atoms with Crippen molar-refractivity contribution < 1.29 is 17.9 Å². The van der Waals surface area contributed by atoms with Crippen LogP contribution in [-0.2, 0) is 6.18 Å². The molecule has 1 aliphatic heterocycles. The molecule has 0 radical (unpaired) electrons. The van der Waals surface area contributed by atoms with E-state index < -0.39 is 11.7 Å². The van der Waals surface area contributed by atoms with Gasteiger partial charge in [0.1, 0.15) is 12.4 Å². The van der Waals surface area contributed by atoms with Crippen molar-refractivity contribution in [1.82, 2.24) is 5.32 Å². The summed E-state index contributed by atoms with van der Waals surface area (Å²) in [5.41, 5.74) is -0.738. The summed E-state index contributed by atoms with van der Waals surface area (Å²) < 4.78 is 44.4. The second-order valence-corrected chi connectivity index (χ2v) is 5.51. The zero-order valence-corrected chi connectivity index (χ0v) is 11.9. The zero-order valence-electron chi connectivity index (χ0n) is 10.3. The zero-order chi connectivity index (χ0) is 13.9. The van der Waals surface area contributed by atoms with Crippen LogP contribution in [0.2, 0.25) is 0 Å². The first-order chi connectivity index (χ1) is 8.97. The van der Waals surface area contributed by atoms with E-state index in [4.69, 9.17) is 4.74 Å². The van der Waals surface area contributed by atoms with Gasteiger partial charge in [-0.1, -0.05) is 22.4 Å². The van der Waals surface area contributed by atoms with Crippen LogP contribution < -0.4 is 10.1 Å². The monoisotopic (exact) mass is 337 g/mol. The highest BCUT2D eigenvalue weighted by molar-refractivity contribution is 9.10. The normalized spacial score (nSPS) is 20.3. The van der Waals surface area contributed by atoms with Crippen LogP contribution in [0.25, 0.3) is 0 Å². The summed E-state index contributed by atoms with van der Waals surface area (Å²) in [6.07, 6.45) is -1.26. The third-order valence-electron chi connectivity index (χ3n) is 3.10. The lowest BCUT2D eigenvalue weighted by atomic mass is 10.1. The minimum atomic E-state index is -4.40.